The van der Waals surface area contributed by atoms with Gasteiger partial charge < -0.3 is 24.8 Å². The normalized spacial score (nSPS) is 17.9. The molecule has 298 valence electrons. The van der Waals surface area contributed by atoms with Crippen LogP contribution in [-0.4, -0.2) is 61.5 Å². The van der Waals surface area contributed by atoms with E-state index in [0.29, 0.717) is 25.0 Å². The van der Waals surface area contributed by atoms with Crippen LogP contribution in [0.5, 0.6) is 0 Å². The molecule has 1 rings (SSSR count). The number of allylic oxidation sites excluding steroid dienone is 9. The number of epoxide rings is 1. The van der Waals surface area contributed by atoms with Crippen LogP contribution in [0.1, 0.15) is 142 Å². The van der Waals surface area contributed by atoms with Crippen molar-refractivity contribution in [3.8, 4) is 0 Å². The average Bonchev–Trinajstić information content (AvgIpc) is 3.88. The Labute approximate surface area is 314 Å². The molecule has 0 aliphatic carbocycles. The smallest absolute Gasteiger partial charge is 0.462 e. The van der Waals surface area contributed by atoms with Crippen LogP contribution in [-0.2, 0) is 37.4 Å². The number of phosphoric acid groups is 1. The molecule has 0 spiro atoms. The zero-order valence-corrected chi connectivity index (χ0v) is 33.1. The fraction of sp³-hybridized carbons (Fsp3) is 0.707. The van der Waals surface area contributed by atoms with Gasteiger partial charge in [0.25, 0.3) is 0 Å². The highest BCUT2D eigenvalue weighted by Crippen LogP contribution is 2.43. The molecule has 0 aromatic carbocycles. The number of phosphoric ester groups is 1. The van der Waals surface area contributed by atoms with Crippen LogP contribution in [0, 0.1) is 0 Å². The molecule has 0 saturated carbocycles. The number of carbonyl (C=O) groups excluding carboxylic acids is 2. The van der Waals surface area contributed by atoms with E-state index in [1.807, 2.05) is 0 Å². The molecule has 3 N–H and O–H groups in total. The van der Waals surface area contributed by atoms with Crippen LogP contribution in [0.25, 0.3) is 0 Å². The Morgan fingerprint density at radius 2 is 1.31 bits per heavy atom. The monoisotopic (exact) mass is 751 g/mol. The summed E-state index contributed by atoms with van der Waals surface area (Å²) in [5, 5.41) is 0. The van der Waals surface area contributed by atoms with E-state index in [1.54, 1.807) is 0 Å². The van der Waals surface area contributed by atoms with Crippen molar-refractivity contribution in [2.45, 2.75) is 161 Å². The summed E-state index contributed by atoms with van der Waals surface area (Å²) < 4.78 is 38.4. The Bertz CT molecular complexity index is 1100. The first-order chi connectivity index (χ1) is 25.3. The molecule has 0 aromatic heterocycles. The number of nitrogens with two attached hydrogens (primary N) is 1. The highest BCUT2D eigenvalue weighted by Gasteiger charge is 2.36. The van der Waals surface area contributed by atoms with Gasteiger partial charge in [-0.05, 0) is 77.0 Å². The van der Waals surface area contributed by atoms with Crippen molar-refractivity contribution in [2.24, 2.45) is 5.73 Å². The first-order valence-electron chi connectivity index (χ1n) is 19.9. The van der Waals surface area contributed by atoms with Gasteiger partial charge in [0.1, 0.15) is 6.61 Å². The minimum Gasteiger partial charge on any atom is -0.462 e. The van der Waals surface area contributed by atoms with Gasteiger partial charge in [-0.1, -0.05) is 113 Å². The Morgan fingerprint density at radius 3 is 2.00 bits per heavy atom. The van der Waals surface area contributed by atoms with E-state index in [2.05, 4.69) is 74.6 Å². The lowest BCUT2D eigenvalue weighted by Crippen LogP contribution is -2.29. The predicted molar refractivity (Wildman–Crippen MR) is 210 cm³/mol. The second kappa shape index (κ2) is 33.3. The van der Waals surface area contributed by atoms with Gasteiger partial charge >= 0.3 is 19.8 Å². The van der Waals surface area contributed by atoms with Crippen molar-refractivity contribution < 1.29 is 42.3 Å². The number of esters is 2. The number of unbranched alkanes of at least 4 members (excludes halogenated alkanes) is 9. The van der Waals surface area contributed by atoms with Gasteiger partial charge in [0, 0.05) is 19.4 Å². The van der Waals surface area contributed by atoms with Crippen LogP contribution in [0.4, 0.5) is 0 Å². The van der Waals surface area contributed by atoms with Gasteiger partial charge in [0.05, 0.1) is 25.4 Å². The van der Waals surface area contributed by atoms with Gasteiger partial charge in [0.15, 0.2) is 6.10 Å². The van der Waals surface area contributed by atoms with Gasteiger partial charge in [-0.15, -0.1) is 0 Å². The third-order valence-corrected chi connectivity index (χ3v) is 9.30. The zero-order chi connectivity index (χ0) is 38.0. The molecule has 1 aliphatic rings. The summed E-state index contributed by atoms with van der Waals surface area (Å²) in [6, 6.07) is 0. The average molecular weight is 752 g/mol. The lowest BCUT2D eigenvalue weighted by molar-refractivity contribution is -0.161. The Morgan fingerprint density at radius 1 is 0.712 bits per heavy atom. The quantitative estimate of drug-likeness (QED) is 0.0211. The number of ether oxygens (including phenoxy) is 3. The fourth-order valence-corrected chi connectivity index (χ4v) is 6.04. The molecule has 1 fully saturated rings. The van der Waals surface area contributed by atoms with Gasteiger partial charge in [-0.3, -0.25) is 18.6 Å². The molecular weight excluding hydrogens is 681 g/mol. The number of hydrogen-bond acceptors (Lipinski definition) is 9. The highest BCUT2D eigenvalue weighted by molar-refractivity contribution is 7.47. The molecule has 0 bridgehead atoms. The highest BCUT2D eigenvalue weighted by atomic mass is 31.2. The van der Waals surface area contributed by atoms with Crippen LogP contribution in [0.15, 0.2) is 60.8 Å². The summed E-state index contributed by atoms with van der Waals surface area (Å²) in [5.41, 5.74) is 5.33. The lowest BCUT2D eigenvalue weighted by atomic mass is 10.1. The van der Waals surface area contributed by atoms with E-state index in [9.17, 15) is 19.0 Å². The van der Waals surface area contributed by atoms with E-state index in [4.69, 9.17) is 29.0 Å². The van der Waals surface area contributed by atoms with Crippen molar-refractivity contribution in [1.82, 2.24) is 0 Å². The van der Waals surface area contributed by atoms with Crippen LogP contribution < -0.4 is 5.73 Å². The van der Waals surface area contributed by atoms with E-state index in [-0.39, 0.29) is 32.6 Å². The fourth-order valence-electron chi connectivity index (χ4n) is 5.28. The van der Waals surface area contributed by atoms with Gasteiger partial charge in [-0.25, -0.2) is 4.57 Å². The topological polar surface area (TPSA) is 147 Å². The maximum absolute atomic E-state index is 12.6. The molecular formula is C41H70NO9P. The van der Waals surface area contributed by atoms with Crippen molar-refractivity contribution in [3.05, 3.63) is 60.8 Å². The lowest BCUT2D eigenvalue weighted by Gasteiger charge is -2.19. The first kappa shape index (κ1) is 47.7. The second-order valence-electron chi connectivity index (χ2n) is 13.2. The van der Waals surface area contributed by atoms with Crippen molar-refractivity contribution in [3.63, 3.8) is 0 Å². The third-order valence-electron chi connectivity index (χ3n) is 8.31. The Balaban J connectivity index is 2.25. The van der Waals surface area contributed by atoms with Gasteiger partial charge in [-0.2, -0.15) is 0 Å². The molecule has 11 heteroatoms. The third kappa shape index (κ3) is 30.2. The number of rotatable bonds is 35. The first-order valence-corrected chi connectivity index (χ1v) is 21.4. The number of carbonyl (C=O) groups is 2. The summed E-state index contributed by atoms with van der Waals surface area (Å²) in [4.78, 5) is 34.8. The van der Waals surface area contributed by atoms with E-state index < -0.39 is 32.5 Å². The largest absolute Gasteiger partial charge is 0.472 e. The van der Waals surface area contributed by atoms with E-state index >= 15 is 0 Å². The molecule has 3 unspecified atom stereocenters. The summed E-state index contributed by atoms with van der Waals surface area (Å²) in [6.45, 7) is 3.49. The summed E-state index contributed by atoms with van der Waals surface area (Å²) in [6.07, 6.45) is 40.0. The Hall–Kier alpha value is -2.33. The van der Waals surface area contributed by atoms with Crippen LogP contribution >= 0.6 is 7.82 Å². The van der Waals surface area contributed by atoms with Crippen LogP contribution in [0.2, 0.25) is 0 Å². The molecule has 1 saturated heterocycles. The molecule has 0 radical (unpaired) electrons. The zero-order valence-electron chi connectivity index (χ0n) is 32.2. The van der Waals surface area contributed by atoms with Crippen molar-refractivity contribution in [1.29, 1.82) is 0 Å². The minimum absolute atomic E-state index is 0.0401. The summed E-state index contributed by atoms with van der Waals surface area (Å²) in [5.74, 6) is -0.906. The van der Waals surface area contributed by atoms with Crippen molar-refractivity contribution in [2.75, 3.05) is 26.4 Å². The minimum atomic E-state index is -4.39. The molecule has 10 nitrogen and oxygen atoms in total. The maximum atomic E-state index is 12.6. The predicted octanol–water partition coefficient (Wildman–Crippen LogP) is 9.92. The molecule has 0 aromatic rings. The molecule has 1 heterocycles. The van der Waals surface area contributed by atoms with Gasteiger partial charge in [0.2, 0.25) is 0 Å². The maximum Gasteiger partial charge on any atom is 0.472 e. The van der Waals surface area contributed by atoms with Crippen molar-refractivity contribution >= 4 is 19.8 Å². The number of hydrogen-bond donors (Lipinski definition) is 2. The summed E-state index contributed by atoms with van der Waals surface area (Å²) in [7, 11) is -4.39. The van der Waals surface area contributed by atoms with E-state index in [1.165, 1.54) is 25.7 Å². The molecule has 52 heavy (non-hydrogen) atoms. The standard InChI is InChI=1S/C41H70NO9P/c1-3-5-7-8-9-10-11-12-13-14-15-16-20-23-27-31-40(43)47-35-37(36-49-52(45,46)48-34-33-42)50-41(44)32-28-24-21-18-17-19-22-26-30-39-38(51-39)29-25-6-4-2/h5,7,9-10,12-13,15-16,22,26,37-39H,3-4,6,8,11,14,17-21,23-25,27-36,42H2,1-2H3,(H,45,46)/b7-5-,10-9-,13-12-,16-15-,26-22-/t37-,38?,39?/m1/s1. The second-order valence-corrected chi connectivity index (χ2v) is 14.6. The summed E-state index contributed by atoms with van der Waals surface area (Å²) >= 11 is 0. The SMILES string of the molecule is CC/C=C\C/C=C\C/C=C\C/C=C\CCCCC(=O)OC[C@H](COP(=O)(O)OCCN)OC(=O)CCCCCCC/C=C\CC1OC1CCCCC. The molecule has 1 aliphatic heterocycles. The molecule has 0 amide bonds. The Kier molecular flexibility index (Phi) is 30.5. The van der Waals surface area contributed by atoms with Crippen LogP contribution in [0.3, 0.4) is 0 Å². The molecule has 4 atom stereocenters. The van der Waals surface area contributed by atoms with E-state index in [0.717, 1.165) is 77.0 Å².